The van der Waals surface area contributed by atoms with E-state index in [1.54, 1.807) is 0 Å². The van der Waals surface area contributed by atoms with Gasteiger partial charge in [0.05, 0.1) is 12.8 Å². The van der Waals surface area contributed by atoms with E-state index in [0.29, 0.717) is 0 Å². The van der Waals surface area contributed by atoms with Crippen molar-refractivity contribution in [2.45, 2.75) is 6.36 Å². The summed E-state index contributed by atoms with van der Waals surface area (Å²) in [6.45, 7) is 0. The number of amides is 1. The number of nitrogens with zero attached hydrogens (tertiary/aromatic N) is 1. The van der Waals surface area contributed by atoms with Crippen LogP contribution in [-0.2, 0) is 0 Å². The molecule has 1 aromatic heterocycles. The van der Waals surface area contributed by atoms with Crippen molar-refractivity contribution in [3.05, 3.63) is 82.5 Å². The first kappa shape index (κ1) is 20.9. The van der Waals surface area contributed by atoms with Gasteiger partial charge in [0.25, 0.3) is 11.5 Å². The van der Waals surface area contributed by atoms with Gasteiger partial charge in [-0.05, 0) is 48.5 Å². The highest BCUT2D eigenvalue weighted by molar-refractivity contribution is 6.04. The number of benzene rings is 2. The molecule has 0 aliphatic carbocycles. The van der Waals surface area contributed by atoms with Crippen molar-refractivity contribution in [2.75, 3.05) is 12.4 Å². The molecule has 3 aromatic rings. The maximum Gasteiger partial charge on any atom is 0.573 e. The molecule has 1 N–H and O–H groups in total. The lowest BCUT2D eigenvalue weighted by atomic mass is 10.2. The first-order valence-electron chi connectivity index (χ1n) is 8.40. The normalized spacial score (nSPS) is 11.1. The molecule has 3 rings (SSSR count). The standard InChI is InChI=1S/C20H14F4N2O4/c1-29-17-11-12(21)4-9-16(17)26-10-2-3-15(19(26)28)18(27)25-13-5-7-14(8-6-13)30-20(22,23)24/h2-11H,1H3,(H,25,27). The molecule has 1 amide bonds. The summed E-state index contributed by atoms with van der Waals surface area (Å²) >= 11 is 0. The fraction of sp³-hybridized carbons (Fsp3) is 0.100. The van der Waals surface area contributed by atoms with Gasteiger partial charge in [-0.1, -0.05) is 0 Å². The number of alkyl halides is 3. The minimum atomic E-state index is -4.83. The van der Waals surface area contributed by atoms with Gasteiger partial charge in [0, 0.05) is 18.0 Å². The molecule has 0 saturated carbocycles. The number of pyridine rings is 1. The molecule has 30 heavy (non-hydrogen) atoms. The average molecular weight is 422 g/mol. The summed E-state index contributed by atoms with van der Waals surface area (Å²) in [5, 5.41) is 2.43. The van der Waals surface area contributed by atoms with Gasteiger partial charge in [0.1, 0.15) is 22.9 Å². The zero-order valence-electron chi connectivity index (χ0n) is 15.4. The van der Waals surface area contributed by atoms with Crippen molar-refractivity contribution in [1.82, 2.24) is 4.57 Å². The highest BCUT2D eigenvalue weighted by Gasteiger charge is 2.31. The molecule has 0 atom stereocenters. The fourth-order valence-electron chi connectivity index (χ4n) is 2.65. The van der Waals surface area contributed by atoms with Crippen LogP contribution in [0.15, 0.2) is 65.6 Å². The van der Waals surface area contributed by atoms with Gasteiger partial charge >= 0.3 is 6.36 Å². The minimum absolute atomic E-state index is 0.0925. The third-order valence-corrected chi connectivity index (χ3v) is 3.94. The molecule has 0 saturated heterocycles. The van der Waals surface area contributed by atoms with E-state index < -0.39 is 29.4 Å². The van der Waals surface area contributed by atoms with Crippen molar-refractivity contribution in [3.8, 4) is 17.2 Å². The summed E-state index contributed by atoms with van der Waals surface area (Å²) in [6, 6.07) is 10.7. The van der Waals surface area contributed by atoms with Crippen LogP contribution >= 0.6 is 0 Å². The van der Waals surface area contributed by atoms with Gasteiger partial charge in [-0.3, -0.25) is 14.2 Å². The van der Waals surface area contributed by atoms with Gasteiger partial charge in [0.2, 0.25) is 0 Å². The summed E-state index contributed by atoms with van der Waals surface area (Å²) in [6.07, 6.45) is -3.45. The number of methoxy groups -OCH3 is 1. The van der Waals surface area contributed by atoms with Crippen LogP contribution < -0.4 is 20.3 Å². The number of anilines is 1. The maximum atomic E-state index is 13.4. The molecule has 0 radical (unpaired) electrons. The predicted molar refractivity (Wildman–Crippen MR) is 99.6 cm³/mol. The second kappa shape index (κ2) is 8.27. The highest BCUT2D eigenvalue weighted by Crippen LogP contribution is 2.25. The number of aromatic nitrogens is 1. The lowest BCUT2D eigenvalue weighted by Crippen LogP contribution is -2.28. The summed E-state index contributed by atoms with van der Waals surface area (Å²) in [4.78, 5) is 25.3. The third kappa shape index (κ3) is 4.77. The van der Waals surface area contributed by atoms with Crippen LogP contribution in [-0.4, -0.2) is 23.9 Å². The molecule has 0 aliphatic rings. The lowest BCUT2D eigenvalue weighted by molar-refractivity contribution is -0.274. The number of carbonyl (C=O) groups excluding carboxylic acids is 1. The van der Waals surface area contributed by atoms with Gasteiger partial charge in [-0.15, -0.1) is 13.2 Å². The van der Waals surface area contributed by atoms with Crippen molar-refractivity contribution in [1.29, 1.82) is 0 Å². The van der Waals surface area contributed by atoms with Gasteiger partial charge in [-0.25, -0.2) is 4.39 Å². The SMILES string of the molecule is COc1cc(F)ccc1-n1cccc(C(=O)Nc2ccc(OC(F)(F)F)cc2)c1=O. The van der Waals surface area contributed by atoms with E-state index in [0.717, 1.165) is 28.8 Å². The molecule has 0 unspecified atom stereocenters. The zero-order valence-corrected chi connectivity index (χ0v) is 15.4. The zero-order chi connectivity index (χ0) is 21.9. The number of ether oxygens (including phenoxy) is 2. The molecule has 0 spiro atoms. The molecule has 0 fully saturated rings. The second-order valence-corrected chi connectivity index (χ2v) is 5.94. The quantitative estimate of drug-likeness (QED) is 0.628. The van der Waals surface area contributed by atoms with Crippen LogP contribution in [0.5, 0.6) is 11.5 Å². The first-order chi connectivity index (χ1) is 14.2. The van der Waals surface area contributed by atoms with Crippen molar-refractivity contribution >= 4 is 11.6 Å². The lowest BCUT2D eigenvalue weighted by Gasteiger charge is -2.12. The predicted octanol–water partition coefficient (Wildman–Crippen LogP) is 4.14. The summed E-state index contributed by atoms with van der Waals surface area (Å²) in [7, 11) is 1.31. The Morgan fingerprint density at radius 2 is 1.77 bits per heavy atom. The van der Waals surface area contributed by atoms with E-state index in [9.17, 15) is 27.2 Å². The van der Waals surface area contributed by atoms with E-state index in [1.165, 1.54) is 43.6 Å². The maximum absolute atomic E-state index is 13.4. The van der Waals surface area contributed by atoms with Crippen LogP contribution in [0.4, 0.5) is 23.2 Å². The number of nitrogens with one attached hydrogen (secondary N) is 1. The number of carbonyl (C=O) groups is 1. The van der Waals surface area contributed by atoms with Gasteiger partial charge in [0.15, 0.2) is 0 Å². The van der Waals surface area contributed by atoms with Crippen LogP contribution in [0.2, 0.25) is 0 Å². The summed E-state index contributed by atoms with van der Waals surface area (Å²) in [5.74, 6) is -1.70. The number of halogens is 4. The van der Waals surface area contributed by atoms with E-state index in [4.69, 9.17) is 4.74 Å². The Hall–Kier alpha value is -3.82. The van der Waals surface area contributed by atoms with Crippen LogP contribution in [0, 0.1) is 5.82 Å². The second-order valence-electron chi connectivity index (χ2n) is 5.94. The third-order valence-electron chi connectivity index (χ3n) is 3.94. The Kier molecular flexibility index (Phi) is 5.77. The van der Waals surface area contributed by atoms with Crippen LogP contribution in [0.1, 0.15) is 10.4 Å². The Bertz CT molecular complexity index is 1120. The van der Waals surface area contributed by atoms with Crippen LogP contribution in [0.25, 0.3) is 5.69 Å². The summed E-state index contributed by atoms with van der Waals surface area (Å²) in [5.41, 5.74) is -0.549. The van der Waals surface area contributed by atoms with Crippen LogP contribution in [0.3, 0.4) is 0 Å². The van der Waals surface area contributed by atoms with Gasteiger partial charge < -0.3 is 14.8 Å². The molecule has 2 aromatic carbocycles. The van der Waals surface area contributed by atoms with E-state index in [-0.39, 0.29) is 22.7 Å². The molecule has 0 bridgehead atoms. The van der Waals surface area contributed by atoms with Gasteiger partial charge in [-0.2, -0.15) is 0 Å². The fourth-order valence-corrected chi connectivity index (χ4v) is 2.65. The van der Waals surface area contributed by atoms with E-state index >= 15 is 0 Å². The molecule has 156 valence electrons. The number of hydrogen-bond acceptors (Lipinski definition) is 4. The van der Waals surface area contributed by atoms with Crippen molar-refractivity contribution < 1.29 is 31.8 Å². The molecule has 6 nitrogen and oxygen atoms in total. The molecular weight excluding hydrogens is 408 g/mol. The van der Waals surface area contributed by atoms with E-state index in [2.05, 4.69) is 10.1 Å². The Balaban J connectivity index is 1.86. The Morgan fingerprint density at radius 1 is 1.07 bits per heavy atom. The minimum Gasteiger partial charge on any atom is -0.494 e. The number of rotatable bonds is 5. The molecular formula is C20H14F4N2O4. The largest absolute Gasteiger partial charge is 0.573 e. The first-order valence-corrected chi connectivity index (χ1v) is 8.40. The molecule has 10 heteroatoms. The van der Waals surface area contributed by atoms with Crippen molar-refractivity contribution in [3.63, 3.8) is 0 Å². The molecule has 0 aliphatic heterocycles. The molecule has 1 heterocycles. The Labute approximate surface area is 167 Å². The topological polar surface area (TPSA) is 69.6 Å². The number of hydrogen-bond donors (Lipinski definition) is 1. The average Bonchev–Trinajstić information content (AvgIpc) is 2.68. The smallest absolute Gasteiger partial charge is 0.494 e. The highest BCUT2D eigenvalue weighted by atomic mass is 19.4. The monoisotopic (exact) mass is 422 g/mol. The Morgan fingerprint density at radius 3 is 2.40 bits per heavy atom. The van der Waals surface area contributed by atoms with E-state index in [1.807, 2.05) is 0 Å². The van der Waals surface area contributed by atoms with Crippen molar-refractivity contribution in [2.24, 2.45) is 0 Å². The summed E-state index contributed by atoms with van der Waals surface area (Å²) < 4.78 is 60.0.